The molecule has 126 valence electrons. The number of sulfonamides is 1. The fourth-order valence-corrected chi connectivity index (χ4v) is 2.68. The standard InChI is InChI=1S/C16H17N3O3S2/c1-2-11-3-5-12(6-4-11)15(20)19-16(23)18-13-7-9-14(10-8-13)24(17,21)22/h3-10H,2H2,1H3,(H2,17,21,22)(H2,18,19,20,23). The van der Waals surface area contributed by atoms with Gasteiger partial charge in [0.1, 0.15) is 0 Å². The van der Waals surface area contributed by atoms with Gasteiger partial charge in [0.05, 0.1) is 4.90 Å². The van der Waals surface area contributed by atoms with E-state index in [0.29, 0.717) is 11.3 Å². The first-order valence-electron chi connectivity index (χ1n) is 7.13. The van der Waals surface area contributed by atoms with Crippen molar-refractivity contribution in [1.82, 2.24) is 5.32 Å². The van der Waals surface area contributed by atoms with Crippen LogP contribution in [0.4, 0.5) is 5.69 Å². The summed E-state index contributed by atoms with van der Waals surface area (Å²) in [6.07, 6.45) is 0.899. The molecule has 2 aromatic carbocycles. The summed E-state index contributed by atoms with van der Waals surface area (Å²) in [5.74, 6) is -0.323. The first-order chi connectivity index (χ1) is 11.3. The summed E-state index contributed by atoms with van der Waals surface area (Å²) in [4.78, 5) is 12.1. The molecule has 0 heterocycles. The van der Waals surface area contributed by atoms with E-state index in [2.05, 4.69) is 10.6 Å². The van der Waals surface area contributed by atoms with Crippen molar-refractivity contribution in [3.8, 4) is 0 Å². The van der Waals surface area contributed by atoms with Crippen LogP contribution < -0.4 is 15.8 Å². The second kappa shape index (κ2) is 7.52. The number of thiocarbonyl (C=S) groups is 1. The number of carbonyl (C=O) groups is 1. The number of hydrogen-bond donors (Lipinski definition) is 3. The average Bonchev–Trinajstić information content (AvgIpc) is 2.54. The Hall–Kier alpha value is -2.29. The van der Waals surface area contributed by atoms with Crippen LogP contribution in [0.15, 0.2) is 53.4 Å². The number of aryl methyl sites for hydroxylation is 1. The molecule has 0 fully saturated rings. The minimum absolute atomic E-state index is 0.000909. The predicted molar refractivity (Wildman–Crippen MR) is 97.3 cm³/mol. The normalized spacial score (nSPS) is 10.9. The molecule has 0 spiro atoms. The largest absolute Gasteiger partial charge is 0.332 e. The van der Waals surface area contributed by atoms with Gasteiger partial charge in [-0.25, -0.2) is 13.6 Å². The smallest absolute Gasteiger partial charge is 0.257 e. The summed E-state index contributed by atoms with van der Waals surface area (Å²) < 4.78 is 22.4. The monoisotopic (exact) mass is 363 g/mol. The van der Waals surface area contributed by atoms with Crippen molar-refractivity contribution in [2.24, 2.45) is 5.14 Å². The molecule has 0 saturated heterocycles. The molecule has 0 aliphatic heterocycles. The highest BCUT2D eigenvalue weighted by molar-refractivity contribution is 7.89. The maximum absolute atomic E-state index is 12.1. The molecule has 24 heavy (non-hydrogen) atoms. The Morgan fingerprint density at radius 1 is 1.08 bits per heavy atom. The van der Waals surface area contributed by atoms with Crippen molar-refractivity contribution in [1.29, 1.82) is 0 Å². The van der Waals surface area contributed by atoms with Crippen LogP contribution in [0.3, 0.4) is 0 Å². The Kier molecular flexibility index (Phi) is 5.66. The number of amides is 1. The maximum atomic E-state index is 12.1. The molecule has 0 bridgehead atoms. The molecule has 0 aliphatic carbocycles. The summed E-state index contributed by atoms with van der Waals surface area (Å²) in [5, 5.41) is 10.5. The third kappa shape index (κ3) is 4.85. The van der Waals surface area contributed by atoms with Crippen molar-refractivity contribution in [3.63, 3.8) is 0 Å². The first kappa shape index (κ1) is 18.1. The second-order valence-electron chi connectivity index (χ2n) is 5.03. The first-order valence-corrected chi connectivity index (χ1v) is 9.09. The number of anilines is 1. The van der Waals surface area contributed by atoms with Crippen molar-refractivity contribution in [3.05, 3.63) is 59.7 Å². The Bertz CT molecular complexity index is 845. The molecule has 0 atom stereocenters. The van der Waals surface area contributed by atoms with Crippen molar-refractivity contribution < 1.29 is 13.2 Å². The Labute approximate surface area is 146 Å². The molecular formula is C16H17N3O3S2. The van der Waals surface area contributed by atoms with E-state index in [0.717, 1.165) is 12.0 Å². The van der Waals surface area contributed by atoms with Gasteiger partial charge in [0.15, 0.2) is 5.11 Å². The average molecular weight is 363 g/mol. The zero-order valence-electron chi connectivity index (χ0n) is 12.9. The van der Waals surface area contributed by atoms with E-state index in [-0.39, 0.29) is 15.9 Å². The highest BCUT2D eigenvalue weighted by Gasteiger charge is 2.09. The fraction of sp³-hybridized carbons (Fsp3) is 0.125. The molecule has 2 aromatic rings. The fourth-order valence-electron chi connectivity index (χ4n) is 1.96. The lowest BCUT2D eigenvalue weighted by molar-refractivity contribution is 0.0977. The van der Waals surface area contributed by atoms with E-state index in [9.17, 15) is 13.2 Å². The molecule has 0 aromatic heterocycles. The van der Waals surface area contributed by atoms with Gasteiger partial charge in [-0.05, 0) is 60.6 Å². The number of rotatable bonds is 4. The molecule has 0 radical (unpaired) electrons. The number of nitrogens with two attached hydrogens (primary N) is 1. The number of benzene rings is 2. The van der Waals surface area contributed by atoms with Crippen molar-refractivity contribution in [2.75, 3.05) is 5.32 Å². The van der Waals surface area contributed by atoms with E-state index in [1.165, 1.54) is 24.3 Å². The van der Waals surface area contributed by atoms with Crippen molar-refractivity contribution in [2.45, 2.75) is 18.2 Å². The lowest BCUT2D eigenvalue weighted by atomic mass is 10.1. The highest BCUT2D eigenvalue weighted by atomic mass is 32.2. The Balaban J connectivity index is 1.98. The zero-order chi connectivity index (χ0) is 17.7. The zero-order valence-corrected chi connectivity index (χ0v) is 14.6. The molecule has 0 saturated carbocycles. The minimum atomic E-state index is -3.74. The SMILES string of the molecule is CCc1ccc(C(=O)NC(=S)Nc2ccc(S(N)(=O)=O)cc2)cc1. The van der Waals surface area contributed by atoms with Crippen LogP contribution in [-0.2, 0) is 16.4 Å². The van der Waals surface area contributed by atoms with Crippen molar-refractivity contribution >= 4 is 38.9 Å². The van der Waals surface area contributed by atoms with E-state index in [1.807, 2.05) is 19.1 Å². The minimum Gasteiger partial charge on any atom is -0.332 e. The van der Waals surface area contributed by atoms with Crippen LogP contribution in [0, 0.1) is 0 Å². The van der Waals surface area contributed by atoms with E-state index in [1.54, 1.807) is 12.1 Å². The molecule has 0 unspecified atom stereocenters. The molecule has 6 nitrogen and oxygen atoms in total. The van der Waals surface area contributed by atoms with Crippen LogP contribution >= 0.6 is 12.2 Å². The molecule has 4 N–H and O–H groups in total. The van der Waals surface area contributed by atoms with Gasteiger partial charge in [-0.15, -0.1) is 0 Å². The third-order valence-corrected chi connectivity index (χ3v) is 4.43. The van der Waals surface area contributed by atoms with Gasteiger partial charge in [0.25, 0.3) is 5.91 Å². The van der Waals surface area contributed by atoms with Gasteiger partial charge in [-0.3, -0.25) is 10.1 Å². The summed E-state index contributed by atoms with van der Waals surface area (Å²) in [6, 6.07) is 13.0. The van der Waals surface area contributed by atoms with Gasteiger partial charge < -0.3 is 5.32 Å². The van der Waals surface area contributed by atoms with Gasteiger partial charge in [-0.1, -0.05) is 19.1 Å². The summed E-state index contributed by atoms with van der Waals surface area (Å²) in [6.45, 7) is 2.04. The molecular weight excluding hydrogens is 346 g/mol. The van der Waals surface area contributed by atoms with E-state index in [4.69, 9.17) is 17.4 Å². The summed E-state index contributed by atoms with van der Waals surface area (Å²) in [5.41, 5.74) is 2.18. The Morgan fingerprint density at radius 2 is 1.67 bits per heavy atom. The topological polar surface area (TPSA) is 101 Å². The van der Waals surface area contributed by atoms with E-state index < -0.39 is 10.0 Å². The lowest BCUT2D eigenvalue weighted by Gasteiger charge is -2.10. The van der Waals surface area contributed by atoms with Crippen LogP contribution in [0.2, 0.25) is 0 Å². The molecule has 8 heteroatoms. The molecule has 0 aliphatic rings. The Morgan fingerprint density at radius 3 is 2.17 bits per heavy atom. The quantitative estimate of drug-likeness (QED) is 0.722. The van der Waals surface area contributed by atoms with Gasteiger partial charge in [0, 0.05) is 11.3 Å². The van der Waals surface area contributed by atoms with Gasteiger partial charge >= 0.3 is 0 Å². The third-order valence-electron chi connectivity index (χ3n) is 3.29. The number of nitrogens with one attached hydrogen (secondary N) is 2. The summed E-state index contributed by atoms with van der Waals surface area (Å²) >= 11 is 5.08. The highest BCUT2D eigenvalue weighted by Crippen LogP contribution is 2.12. The number of hydrogen-bond acceptors (Lipinski definition) is 4. The number of carbonyl (C=O) groups excluding carboxylic acids is 1. The van der Waals surface area contributed by atoms with Crippen LogP contribution in [0.1, 0.15) is 22.8 Å². The second-order valence-corrected chi connectivity index (χ2v) is 7.00. The van der Waals surface area contributed by atoms with Gasteiger partial charge in [-0.2, -0.15) is 0 Å². The lowest BCUT2D eigenvalue weighted by Crippen LogP contribution is -2.34. The number of primary sulfonamides is 1. The van der Waals surface area contributed by atoms with Crippen LogP contribution in [0.25, 0.3) is 0 Å². The van der Waals surface area contributed by atoms with Crippen LogP contribution in [0.5, 0.6) is 0 Å². The van der Waals surface area contributed by atoms with Crippen LogP contribution in [-0.4, -0.2) is 19.4 Å². The molecule has 2 rings (SSSR count). The van der Waals surface area contributed by atoms with E-state index >= 15 is 0 Å². The molecule has 1 amide bonds. The summed E-state index contributed by atoms with van der Waals surface area (Å²) in [7, 11) is -3.74. The predicted octanol–water partition coefficient (Wildman–Crippen LogP) is 2.02. The van der Waals surface area contributed by atoms with Gasteiger partial charge in [0.2, 0.25) is 10.0 Å². The maximum Gasteiger partial charge on any atom is 0.257 e.